The molecule has 1 amide bonds. The van der Waals surface area contributed by atoms with Crippen molar-refractivity contribution in [3.05, 3.63) is 30.0 Å². The number of hydrogen-bond acceptors (Lipinski definition) is 3. The van der Waals surface area contributed by atoms with Crippen LogP contribution in [0.15, 0.2) is 24.3 Å². The van der Waals surface area contributed by atoms with Crippen LogP contribution in [0.1, 0.15) is 49.5 Å². The number of benzene rings is 1. The van der Waals surface area contributed by atoms with E-state index in [2.05, 4.69) is 12.0 Å². The summed E-state index contributed by atoms with van der Waals surface area (Å²) < 4.78 is 1.77. The molecule has 1 N–H and O–H groups in total. The molecule has 5 heteroatoms. The summed E-state index contributed by atoms with van der Waals surface area (Å²) >= 11 is 0. The zero-order valence-corrected chi connectivity index (χ0v) is 14.5. The van der Waals surface area contributed by atoms with Crippen molar-refractivity contribution < 1.29 is 9.90 Å². The van der Waals surface area contributed by atoms with Gasteiger partial charge in [-0.2, -0.15) is 5.10 Å². The Morgan fingerprint density at radius 2 is 1.92 bits per heavy atom. The minimum absolute atomic E-state index is 0.0148. The minimum atomic E-state index is -0.514. The Bertz CT molecular complexity index is 785. The van der Waals surface area contributed by atoms with E-state index in [9.17, 15) is 9.90 Å². The summed E-state index contributed by atoms with van der Waals surface area (Å²) in [5, 5.41) is 16.1. The molecule has 1 unspecified atom stereocenters. The Morgan fingerprint density at radius 1 is 1.21 bits per heavy atom. The Balaban J connectivity index is 1.55. The standard InChI is InChI=1S/C19H25N3O2/c1-3-19(24)9-8-18(19)10-12-22(13-11-18)17(23)16-14-6-4-5-7-15(14)21(2)20-16/h4-7,24H,3,8-13H2,1-2H3. The molecule has 24 heavy (non-hydrogen) atoms. The first kappa shape index (κ1) is 15.6. The highest BCUT2D eigenvalue weighted by molar-refractivity contribution is 6.04. The van der Waals surface area contributed by atoms with Crippen LogP contribution in [0.5, 0.6) is 0 Å². The topological polar surface area (TPSA) is 58.4 Å². The molecule has 1 aromatic carbocycles. The number of aryl methyl sites for hydroxylation is 1. The molecule has 5 nitrogen and oxygen atoms in total. The SMILES string of the molecule is CCC1(O)CCC12CCN(C(=O)c1nn(C)c3ccccc13)CC2. The molecule has 4 rings (SSSR count). The van der Waals surface area contributed by atoms with Crippen molar-refractivity contribution in [3.8, 4) is 0 Å². The van der Waals surface area contributed by atoms with E-state index in [-0.39, 0.29) is 11.3 Å². The molecule has 2 heterocycles. The molecule has 1 aromatic heterocycles. The fourth-order valence-electron chi connectivity index (χ4n) is 4.69. The van der Waals surface area contributed by atoms with Crippen molar-refractivity contribution in [3.63, 3.8) is 0 Å². The van der Waals surface area contributed by atoms with Gasteiger partial charge >= 0.3 is 0 Å². The van der Waals surface area contributed by atoms with E-state index >= 15 is 0 Å². The Morgan fingerprint density at radius 3 is 2.54 bits per heavy atom. The van der Waals surface area contributed by atoms with E-state index in [4.69, 9.17) is 0 Å². The molecule has 1 aliphatic carbocycles. The van der Waals surface area contributed by atoms with Crippen molar-refractivity contribution in [1.29, 1.82) is 0 Å². The van der Waals surface area contributed by atoms with Crippen LogP contribution < -0.4 is 0 Å². The second kappa shape index (κ2) is 5.31. The first-order valence-electron chi connectivity index (χ1n) is 8.93. The number of nitrogens with zero attached hydrogens (tertiary/aromatic N) is 3. The summed E-state index contributed by atoms with van der Waals surface area (Å²) in [6, 6.07) is 7.86. The van der Waals surface area contributed by atoms with E-state index < -0.39 is 5.60 Å². The third-order valence-electron chi connectivity index (χ3n) is 6.56. The highest BCUT2D eigenvalue weighted by atomic mass is 16.3. The van der Waals surface area contributed by atoms with Crippen LogP contribution in [0.3, 0.4) is 0 Å². The average molecular weight is 327 g/mol. The predicted octanol–water partition coefficient (Wildman–Crippen LogP) is 2.73. The lowest BCUT2D eigenvalue weighted by Crippen LogP contribution is -2.61. The van der Waals surface area contributed by atoms with Gasteiger partial charge < -0.3 is 10.0 Å². The van der Waals surface area contributed by atoms with Crippen LogP contribution in [-0.2, 0) is 7.05 Å². The largest absolute Gasteiger partial charge is 0.389 e. The number of carbonyl (C=O) groups excluding carboxylic acids is 1. The summed E-state index contributed by atoms with van der Waals surface area (Å²) in [5.74, 6) is 0.0148. The number of likely N-dealkylation sites (tertiary alicyclic amines) is 1. The molecule has 2 fully saturated rings. The number of aliphatic hydroxyl groups is 1. The molecular formula is C19H25N3O2. The lowest BCUT2D eigenvalue weighted by Gasteiger charge is -2.59. The number of carbonyl (C=O) groups is 1. The van der Waals surface area contributed by atoms with E-state index in [0.717, 1.165) is 43.0 Å². The normalized spacial score (nSPS) is 25.9. The molecule has 128 valence electrons. The third-order valence-corrected chi connectivity index (χ3v) is 6.56. The molecule has 2 aliphatic rings. The fourth-order valence-corrected chi connectivity index (χ4v) is 4.69. The quantitative estimate of drug-likeness (QED) is 0.923. The molecule has 0 bridgehead atoms. The van der Waals surface area contributed by atoms with Crippen molar-refractivity contribution in [2.75, 3.05) is 13.1 Å². The molecular weight excluding hydrogens is 302 g/mol. The zero-order valence-electron chi connectivity index (χ0n) is 14.5. The summed E-state index contributed by atoms with van der Waals surface area (Å²) in [6.07, 6.45) is 4.60. The summed E-state index contributed by atoms with van der Waals surface area (Å²) in [5.41, 5.74) is 1.04. The van der Waals surface area contributed by atoms with Crippen LogP contribution >= 0.6 is 0 Å². The number of aromatic nitrogens is 2. The van der Waals surface area contributed by atoms with E-state index in [1.807, 2.05) is 36.2 Å². The third kappa shape index (κ3) is 2.04. The van der Waals surface area contributed by atoms with Gasteiger partial charge in [0.2, 0.25) is 0 Å². The maximum Gasteiger partial charge on any atom is 0.275 e. The van der Waals surface area contributed by atoms with Crippen molar-refractivity contribution in [2.45, 2.75) is 44.6 Å². The van der Waals surface area contributed by atoms with Gasteiger partial charge in [0.15, 0.2) is 5.69 Å². The zero-order chi connectivity index (χ0) is 16.9. The molecule has 0 radical (unpaired) electrons. The molecule has 1 aliphatic heterocycles. The first-order chi connectivity index (χ1) is 11.5. The van der Waals surface area contributed by atoms with Crippen LogP contribution in [0, 0.1) is 5.41 Å². The van der Waals surface area contributed by atoms with Gasteiger partial charge in [0.05, 0.1) is 11.1 Å². The van der Waals surface area contributed by atoms with Gasteiger partial charge in [-0.05, 0) is 38.2 Å². The molecule has 2 aromatic rings. The molecule has 1 atom stereocenters. The lowest BCUT2D eigenvalue weighted by molar-refractivity contribution is -0.188. The lowest BCUT2D eigenvalue weighted by atomic mass is 9.51. The number of fused-ring (bicyclic) bond motifs is 1. The van der Waals surface area contributed by atoms with E-state index in [1.54, 1.807) is 4.68 Å². The fraction of sp³-hybridized carbons (Fsp3) is 0.579. The summed E-state index contributed by atoms with van der Waals surface area (Å²) in [6.45, 7) is 3.50. The van der Waals surface area contributed by atoms with Gasteiger partial charge in [0.25, 0.3) is 5.91 Å². The van der Waals surface area contributed by atoms with Crippen molar-refractivity contribution in [2.24, 2.45) is 12.5 Å². The Labute approximate surface area is 142 Å². The Hall–Kier alpha value is -1.88. The average Bonchev–Trinajstić information content (AvgIpc) is 2.96. The highest BCUT2D eigenvalue weighted by Crippen LogP contribution is 2.57. The molecule has 1 saturated heterocycles. The first-order valence-corrected chi connectivity index (χ1v) is 8.93. The monoisotopic (exact) mass is 327 g/mol. The van der Waals surface area contributed by atoms with Crippen LogP contribution in [0.25, 0.3) is 10.9 Å². The van der Waals surface area contributed by atoms with Gasteiger partial charge in [-0.25, -0.2) is 0 Å². The number of para-hydroxylation sites is 1. The molecule has 1 saturated carbocycles. The van der Waals surface area contributed by atoms with Gasteiger partial charge in [-0.15, -0.1) is 0 Å². The second-order valence-corrected chi connectivity index (χ2v) is 7.45. The summed E-state index contributed by atoms with van der Waals surface area (Å²) in [4.78, 5) is 14.9. The van der Waals surface area contributed by atoms with Gasteiger partial charge in [-0.1, -0.05) is 25.1 Å². The number of piperidine rings is 1. The predicted molar refractivity (Wildman–Crippen MR) is 92.8 cm³/mol. The van der Waals surface area contributed by atoms with E-state index in [0.29, 0.717) is 18.8 Å². The van der Waals surface area contributed by atoms with Gasteiger partial charge in [0.1, 0.15) is 0 Å². The van der Waals surface area contributed by atoms with Crippen LogP contribution in [-0.4, -0.2) is 44.4 Å². The number of hydrogen-bond donors (Lipinski definition) is 1. The maximum absolute atomic E-state index is 13.0. The molecule has 1 spiro atoms. The van der Waals surface area contributed by atoms with Crippen LogP contribution in [0.4, 0.5) is 0 Å². The Kier molecular flexibility index (Phi) is 3.46. The van der Waals surface area contributed by atoms with Crippen molar-refractivity contribution >= 4 is 16.8 Å². The highest BCUT2D eigenvalue weighted by Gasteiger charge is 2.57. The second-order valence-electron chi connectivity index (χ2n) is 7.45. The number of rotatable bonds is 2. The van der Waals surface area contributed by atoms with Crippen LogP contribution in [0.2, 0.25) is 0 Å². The smallest absolute Gasteiger partial charge is 0.275 e. The van der Waals surface area contributed by atoms with Gasteiger partial charge in [0, 0.05) is 30.9 Å². The minimum Gasteiger partial charge on any atom is -0.389 e. The van der Waals surface area contributed by atoms with Crippen molar-refractivity contribution in [1.82, 2.24) is 14.7 Å². The van der Waals surface area contributed by atoms with E-state index in [1.165, 1.54) is 0 Å². The number of amides is 1. The maximum atomic E-state index is 13.0. The summed E-state index contributed by atoms with van der Waals surface area (Å²) in [7, 11) is 1.88. The van der Waals surface area contributed by atoms with Gasteiger partial charge in [-0.3, -0.25) is 9.48 Å².